The summed E-state index contributed by atoms with van der Waals surface area (Å²) in [5.41, 5.74) is 2.75. The van der Waals surface area contributed by atoms with Gasteiger partial charge in [-0.1, -0.05) is 44.2 Å². The van der Waals surface area contributed by atoms with Crippen molar-refractivity contribution in [3.8, 4) is 5.69 Å². The van der Waals surface area contributed by atoms with Crippen LogP contribution in [0.25, 0.3) is 5.69 Å². The van der Waals surface area contributed by atoms with Crippen LogP contribution in [-0.2, 0) is 11.2 Å². The lowest BCUT2D eigenvalue weighted by Crippen LogP contribution is -2.24. The predicted octanol–water partition coefficient (Wildman–Crippen LogP) is 3.83. The minimum Gasteiger partial charge on any atom is -0.352 e. The second-order valence-corrected chi connectivity index (χ2v) is 7.20. The van der Waals surface area contributed by atoms with Gasteiger partial charge in [0.05, 0.1) is 6.20 Å². The van der Waals surface area contributed by atoms with E-state index in [-0.39, 0.29) is 17.7 Å². The molecule has 0 saturated carbocycles. The Morgan fingerprint density at radius 1 is 1.03 bits per heavy atom. The van der Waals surface area contributed by atoms with Gasteiger partial charge >= 0.3 is 0 Å². The molecule has 2 aromatic carbocycles. The van der Waals surface area contributed by atoms with E-state index in [1.807, 2.05) is 44.2 Å². The third-order valence-electron chi connectivity index (χ3n) is 4.56. The van der Waals surface area contributed by atoms with Gasteiger partial charge in [0, 0.05) is 23.7 Å². The highest BCUT2D eigenvalue weighted by Crippen LogP contribution is 2.13. The maximum Gasteiger partial charge on any atom is 0.251 e. The first kappa shape index (κ1) is 20.3. The van der Waals surface area contributed by atoms with E-state index in [1.165, 1.54) is 5.56 Å². The van der Waals surface area contributed by atoms with Gasteiger partial charge in [0.25, 0.3) is 5.91 Å². The average Bonchev–Trinajstić information content (AvgIpc) is 3.20. The lowest BCUT2D eigenvalue weighted by atomic mass is 10.1. The summed E-state index contributed by atoms with van der Waals surface area (Å²) in [6.45, 7) is 4.30. The third kappa shape index (κ3) is 5.78. The van der Waals surface area contributed by atoms with Crippen LogP contribution in [0.5, 0.6) is 0 Å². The lowest BCUT2D eigenvalue weighted by Gasteiger charge is -2.07. The summed E-state index contributed by atoms with van der Waals surface area (Å²) >= 11 is 0. The molecule has 6 heteroatoms. The number of hydrogen-bond acceptors (Lipinski definition) is 3. The number of amides is 2. The Bertz CT molecular complexity index is 947. The minimum atomic E-state index is -0.106. The zero-order valence-electron chi connectivity index (χ0n) is 16.8. The third-order valence-corrected chi connectivity index (χ3v) is 4.56. The maximum atomic E-state index is 12.3. The summed E-state index contributed by atoms with van der Waals surface area (Å²) in [5.74, 6) is 0.240. The molecule has 0 bridgehead atoms. The van der Waals surface area contributed by atoms with Gasteiger partial charge in [0.2, 0.25) is 5.91 Å². The molecule has 29 heavy (non-hydrogen) atoms. The van der Waals surface area contributed by atoms with Crippen molar-refractivity contribution >= 4 is 17.6 Å². The number of carbonyl (C=O) groups is 2. The fourth-order valence-electron chi connectivity index (χ4n) is 2.83. The molecule has 1 aromatic heterocycles. The highest BCUT2D eigenvalue weighted by Gasteiger charge is 2.10. The number of nitrogens with zero attached hydrogens (tertiary/aromatic N) is 2. The lowest BCUT2D eigenvalue weighted by molar-refractivity contribution is -0.118. The van der Waals surface area contributed by atoms with E-state index in [0.717, 1.165) is 18.5 Å². The molecule has 3 rings (SSSR count). The molecular weight excluding hydrogens is 364 g/mol. The van der Waals surface area contributed by atoms with E-state index in [9.17, 15) is 9.59 Å². The molecule has 6 nitrogen and oxygen atoms in total. The van der Waals surface area contributed by atoms with Crippen molar-refractivity contribution in [2.75, 3.05) is 11.9 Å². The van der Waals surface area contributed by atoms with E-state index in [4.69, 9.17) is 0 Å². The van der Waals surface area contributed by atoms with E-state index in [2.05, 4.69) is 27.8 Å². The van der Waals surface area contributed by atoms with Crippen LogP contribution in [0.1, 0.15) is 36.2 Å². The normalized spacial score (nSPS) is 10.7. The fraction of sp³-hybridized carbons (Fsp3) is 0.261. The number of hydrogen-bond donors (Lipinski definition) is 2. The molecular formula is C23H26N4O2. The van der Waals surface area contributed by atoms with Crippen LogP contribution >= 0.6 is 0 Å². The average molecular weight is 390 g/mol. The topological polar surface area (TPSA) is 76.0 Å². The first-order chi connectivity index (χ1) is 14.0. The van der Waals surface area contributed by atoms with Crippen molar-refractivity contribution in [1.82, 2.24) is 14.9 Å². The van der Waals surface area contributed by atoms with Gasteiger partial charge in [-0.05, 0) is 42.7 Å². The Kier molecular flexibility index (Phi) is 6.79. The van der Waals surface area contributed by atoms with Crippen molar-refractivity contribution in [3.63, 3.8) is 0 Å². The Morgan fingerprint density at radius 3 is 2.45 bits per heavy atom. The summed E-state index contributed by atoms with van der Waals surface area (Å²) in [6, 6.07) is 17.5. The van der Waals surface area contributed by atoms with Gasteiger partial charge in [0.15, 0.2) is 5.82 Å². The molecule has 1 heterocycles. The van der Waals surface area contributed by atoms with Crippen LogP contribution in [0.4, 0.5) is 5.82 Å². The first-order valence-corrected chi connectivity index (χ1v) is 9.80. The Labute approximate surface area is 171 Å². The van der Waals surface area contributed by atoms with Crippen LogP contribution in [0, 0.1) is 5.92 Å². The fourth-order valence-corrected chi connectivity index (χ4v) is 2.83. The van der Waals surface area contributed by atoms with Crippen molar-refractivity contribution in [2.24, 2.45) is 5.92 Å². The van der Waals surface area contributed by atoms with Crippen LogP contribution in [0.2, 0.25) is 0 Å². The number of aromatic nitrogens is 2. The summed E-state index contributed by atoms with van der Waals surface area (Å²) in [7, 11) is 0. The second kappa shape index (κ2) is 9.68. The van der Waals surface area contributed by atoms with E-state index >= 15 is 0 Å². The first-order valence-electron chi connectivity index (χ1n) is 9.80. The van der Waals surface area contributed by atoms with Crippen molar-refractivity contribution in [1.29, 1.82) is 0 Å². The van der Waals surface area contributed by atoms with Crippen LogP contribution in [0.15, 0.2) is 67.1 Å². The van der Waals surface area contributed by atoms with E-state index < -0.39 is 0 Å². The molecule has 2 amide bonds. The second-order valence-electron chi connectivity index (χ2n) is 7.20. The van der Waals surface area contributed by atoms with Crippen molar-refractivity contribution in [2.45, 2.75) is 26.7 Å². The van der Waals surface area contributed by atoms with E-state index in [0.29, 0.717) is 17.9 Å². The molecule has 2 N–H and O–H groups in total. The number of aryl methyl sites for hydroxylation is 1. The monoisotopic (exact) mass is 390 g/mol. The summed E-state index contributed by atoms with van der Waals surface area (Å²) in [5, 5.41) is 5.73. The number of carbonyl (C=O) groups excluding carboxylic acids is 2. The quantitative estimate of drug-likeness (QED) is 0.574. The number of anilines is 1. The molecule has 0 aliphatic rings. The Morgan fingerprint density at radius 2 is 1.76 bits per heavy atom. The highest BCUT2D eigenvalue weighted by molar-refractivity contribution is 5.94. The van der Waals surface area contributed by atoms with Crippen molar-refractivity contribution < 1.29 is 9.59 Å². The van der Waals surface area contributed by atoms with Crippen LogP contribution < -0.4 is 10.6 Å². The van der Waals surface area contributed by atoms with Gasteiger partial charge in [-0.3, -0.25) is 9.59 Å². The minimum absolute atomic E-state index is 0.0745. The van der Waals surface area contributed by atoms with Crippen LogP contribution in [-0.4, -0.2) is 27.9 Å². The molecule has 0 spiro atoms. The smallest absolute Gasteiger partial charge is 0.251 e. The molecule has 0 aliphatic heterocycles. The number of benzene rings is 2. The SMILES string of the molecule is CC(C)C(=O)Nc1cn(-c2ccc(C(=O)NCCCc3ccccc3)cc2)cn1. The Balaban J connectivity index is 1.51. The number of nitrogens with one attached hydrogen (secondary N) is 2. The summed E-state index contributed by atoms with van der Waals surface area (Å²) in [6.07, 6.45) is 5.22. The van der Waals surface area contributed by atoms with Crippen molar-refractivity contribution in [3.05, 3.63) is 78.2 Å². The molecule has 150 valence electrons. The summed E-state index contributed by atoms with van der Waals surface area (Å²) < 4.78 is 1.80. The Hall–Kier alpha value is -3.41. The number of imidazole rings is 1. The standard InChI is InChI=1S/C23H26N4O2/c1-17(2)22(28)26-21-15-27(16-25-21)20-12-10-19(11-13-20)23(29)24-14-6-9-18-7-4-3-5-8-18/h3-5,7-8,10-13,15-17H,6,9,14H2,1-2H3,(H,24,29)(H,26,28). The van der Waals surface area contributed by atoms with Gasteiger partial charge in [-0.2, -0.15) is 0 Å². The van der Waals surface area contributed by atoms with Gasteiger partial charge < -0.3 is 15.2 Å². The van der Waals surface area contributed by atoms with E-state index in [1.54, 1.807) is 29.2 Å². The molecule has 0 fully saturated rings. The molecule has 0 aliphatic carbocycles. The molecule has 0 radical (unpaired) electrons. The molecule has 0 saturated heterocycles. The largest absolute Gasteiger partial charge is 0.352 e. The highest BCUT2D eigenvalue weighted by atomic mass is 16.2. The summed E-state index contributed by atoms with van der Waals surface area (Å²) in [4.78, 5) is 28.3. The van der Waals surface area contributed by atoms with Gasteiger partial charge in [0.1, 0.15) is 6.33 Å². The van der Waals surface area contributed by atoms with Gasteiger partial charge in [-0.25, -0.2) is 4.98 Å². The zero-order valence-corrected chi connectivity index (χ0v) is 16.8. The molecule has 0 unspecified atom stereocenters. The predicted molar refractivity (Wildman–Crippen MR) is 114 cm³/mol. The number of rotatable bonds is 8. The van der Waals surface area contributed by atoms with Crippen LogP contribution in [0.3, 0.4) is 0 Å². The molecule has 3 aromatic rings. The van der Waals surface area contributed by atoms with Gasteiger partial charge in [-0.15, -0.1) is 0 Å². The molecule has 0 atom stereocenters. The maximum absolute atomic E-state index is 12.3. The zero-order chi connectivity index (χ0) is 20.6.